The SMILES string of the molecule is O=C(Cc1cccc2ccccc12)OCC(=O)N1CCN(C(=O)c2ccco2)CC1. The lowest BCUT2D eigenvalue weighted by atomic mass is 10.0. The number of furan rings is 1. The van der Waals surface area contributed by atoms with Crippen LogP contribution in [0.4, 0.5) is 0 Å². The molecule has 3 aromatic rings. The lowest BCUT2D eigenvalue weighted by molar-refractivity contribution is -0.152. The molecular formula is C23H22N2O5. The zero-order valence-corrected chi connectivity index (χ0v) is 16.5. The lowest BCUT2D eigenvalue weighted by Crippen LogP contribution is -2.51. The Bertz CT molecular complexity index is 1050. The molecule has 4 rings (SSSR count). The van der Waals surface area contributed by atoms with E-state index in [0.717, 1.165) is 16.3 Å². The standard InChI is InChI=1S/C23H22N2O5/c26-21(24-10-12-25(13-11-24)23(28)20-9-4-14-29-20)16-30-22(27)15-18-7-3-6-17-5-1-2-8-19(17)18/h1-9,14H,10-13,15-16H2. The van der Waals surface area contributed by atoms with Crippen LogP contribution in [0.2, 0.25) is 0 Å². The van der Waals surface area contributed by atoms with Crippen LogP contribution in [0.3, 0.4) is 0 Å². The second-order valence-electron chi connectivity index (χ2n) is 7.13. The van der Waals surface area contributed by atoms with E-state index >= 15 is 0 Å². The largest absolute Gasteiger partial charge is 0.459 e. The molecule has 1 aliphatic rings. The third-order valence-corrected chi connectivity index (χ3v) is 5.22. The van der Waals surface area contributed by atoms with Gasteiger partial charge in [-0.05, 0) is 28.5 Å². The average molecular weight is 406 g/mol. The number of benzene rings is 2. The van der Waals surface area contributed by atoms with Gasteiger partial charge in [-0.3, -0.25) is 14.4 Å². The van der Waals surface area contributed by atoms with Gasteiger partial charge in [0.2, 0.25) is 0 Å². The zero-order chi connectivity index (χ0) is 20.9. The molecular weight excluding hydrogens is 384 g/mol. The summed E-state index contributed by atoms with van der Waals surface area (Å²) >= 11 is 0. The highest BCUT2D eigenvalue weighted by molar-refractivity contribution is 5.92. The van der Waals surface area contributed by atoms with Crippen molar-refractivity contribution in [3.63, 3.8) is 0 Å². The van der Waals surface area contributed by atoms with Crippen molar-refractivity contribution in [3.05, 3.63) is 72.2 Å². The molecule has 0 radical (unpaired) electrons. The fourth-order valence-corrected chi connectivity index (χ4v) is 3.60. The molecule has 2 amide bonds. The summed E-state index contributed by atoms with van der Waals surface area (Å²) in [5.74, 6) is -0.594. The molecule has 0 unspecified atom stereocenters. The highest BCUT2D eigenvalue weighted by Gasteiger charge is 2.26. The Morgan fingerprint density at radius 1 is 0.867 bits per heavy atom. The van der Waals surface area contributed by atoms with Crippen molar-refractivity contribution in [2.75, 3.05) is 32.8 Å². The predicted octanol–water partition coefficient (Wildman–Crippen LogP) is 2.50. The van der Waals surface area contributed by atoms with Crippen LogP contribution in [0.1, 0.15) is 16.1 Å². The van der Waals surface area contributed by atoms with Crippen LogP contribution in [0, 0.1) is 0 Å². The summed E-state index contributed by atoms with van der Waals surface area (Å²) in [6.07, 6.45) is 1.57. The van der Waals surface area contributed by atoms with Crippen LogP contribution in [-0.2, 0) is 20.7 Å². The molecule has 1 aliphatic heterocycles. The Morgan fingerprint density at radius 2 is 1.60 bits per heavy atom. The molecule has 2 heterocycles. The fraction of sp³-hybridized carbons (Fsp3) is 0.261. The third kappa shape index (κ3) is 4.35. The van der Waals surface area contributed by atoms with Gasteiger partial charge in [-0.15, -0.1) is 0 Å². The molecule has 7 heteroatoms. The highest BCUT2D eigenvalue weighted by Crippen LogP contribution is 2.19. The fourth-order valence-electron chi connectivity index (χ4n) is 3.60. The third-order valence-electron chi connectivity index (χ3n) is 5.22. The number of rotatable bonds is 5. The molecule has 154 valence electrons. The van der Waals surface area contributed by atoms with Crippen molar-refractivity contribution in [1.82, 2.24) is 9.80 Å². The van der Waals surface area contributed by atoms with E-state index in [1.165, 1.54) is 6.26 Å². The van der Waals surface area contributed by atoms with Crippen LogP contribution in [-0.4, -0.2) is 60.4 Å². The number of hydrogen-bond donors (Lipinski definition) is 0. The number of piperazine rings is 1. The maximum absolute atomic E-state index is 12.4. The highest BCUT2D eigenvalue weighted by atomic mass is 16.5. The van der Waals surface area contributed by atoms with Crippen molar-refractivity contribution >= 4 is 28.6 Å². The van der Waals surface area contributed by atoms with Gasteiger partial charge in [-0.1, -0.05) is 42.5 Å². The van der Waals surface area contributed by atoms with E-state index in [9.17, 15) is 14.4 Å². The molecule has 0 spiro atoms. The minimum Gasteiger partial charge on any atom is -0.459 e. The number of ether oxygens (including phenoxy) is 1. The minimum atomic E-state index is -0.439. The molecule has 0 saturated carbocycles. The van der Waals surface area contributed by atoms with Crippen molar-refractivity contribution in [1.29, 1.82) is 0 Å². The Hall–Kier alpha value is -3.61. The molecule has 2 aromatic carbocycles. The summed E-state index contributed by atoms with van der Waals surface area (Å²) in [4.78, 5) is 40.2. The summed E-state index contributed by atoms with van der Waals surface area (Å²) < 4.78 is 10.4. The number of carbonyl (C=O) groups excluding carboxylic acids is 3. The molecule has 7 nitrogen and oxygen atoms in total. The smallest absolute Gasteiger partial charge is 0.310 e. The quantitative estimate of drug-likeness (QED) is 0.609. The lowest BCUT2D eigenvalue weighted by Gasteiger charge is -2.34. The van der Waals surface area contributed by atoms with E-state index in [-0.39, 0.29) is 30.6 Å². The van der Waals surface area contributed by atoms with Gasteiger partial charge in [0.25, 0.3) is 11.8 Å². The van der Waals surface area contributed by atoms with Gasteiger partial charge in [-0.25, -0.2) is 0 Å². The van der Waals surface area contributed by atoms with Gasteiger partial charge in [-0.2, -0.15) is 0 Å². The van der Waals surface area contributed by atoms with E-state index in [2.05, 4.69) is 0 Å². The van der Waals surface area contributed by atoms with Gasteiger partial charge >= 0.3 is 5.97 Å². The Kier molecular flexibility index (Phi) is 5.79. The van der Waals surface area contributed by atoms with Gasteiger partial charge in [0, 0.05) is 26.2 Å². The van der Waals surface area contributed by atoms with Gasteiger partial charge in [0.15, 0.2) is 12.4 Å². The van der Waals surface area contributed by atoms with Crippen molar-refractivity contribution in [2.45, 2.75) is 6.42 Å². The van der Waals surface area contributed by atoms with E-state index in [4.69, 9.17) is 9.15 Å². The van der Waals surface area contributed by atoms with Crippen LogP contribution >= 0.6 is 0 Å². The molecule has 1 fully saturated rings. The van der Waals surface area contributed by atoms with E-state index in [1.54, 1.807) is 21.9 Å². The van der Waals surface area contributed by atoms with E-state index < -0.39 is 5.97 Å². The first-order valence-corrected chi connectivity index (χ1v) is 9.84. The van der Waals surface area contributed by atoms with Gasteiger partial charge in [0.1, 0.15) is 0 Å². The van der Waals surface area contributed by atoms with Crippen LogP contribution < -0.4 is 0 Å². The summed E-state index contributed by atoms with van der Waals surface area (Å²) in [5.41, 5.74) is 0.871. The van der Waals surface area contributed by atoms with Crippen LogP contribution in [0.5, 0.6) is 0 Å². The number of hydrogen-bond acceptors (Lipinski definition) is 5. The number of fused-ring (bicyclic) bond motifs is 1. The topological polar surface area (TPSA) is 80.1 Å². The first-order chi connectivity index (χ1) is 14.6. The molecule has 0 bridgehead atoms. The molecule has 30 heavy (non-hydrogen) atoms. The van der Waals surface area contributed by atoms with Crippen LogP contribution in [0.15, 0.2) is 65.3 Å². The number of carbonyl (C=O) groups is 3. The zero-order valence-electron chi connectivity index (χ0n) is 16.5. The Labute approximate surface area is 173 Å². The molecule has 0 atom stereocenters. The first kappa shape index (κ1) is 19.7. The average Bonchev–Trinajstić information content (AvgIpc) is 3.32. The van der Waals surface area contributed by atoms with Crippen molar-refractivity contribution in [2.24, 2.45) is 0 Å². The van der Waals surface area contributed by atoms with Crippen molar-refractivity contribution in [3.8, 4) is 0 Å². The van der Waals surface area contributed by atoms with E-state index in [1.807, 2.05) is 42.5 Å². The monoisotopic (exact) mass is 406 g/mol. The van der Waals surface area contributed by atoms with Gasteiger partial charge < -0.3 is 19.0 Å². The van der Waals surface area contributed by atoms with E-state index in [0.29, 0.717) is 26.2 Å². The van der Waals surface area contributed by atoms with Crippen molar-refractivity contribution < 1.29 is 23.5 Å². The Balaban J connectivity index is 1.26. The number of amides is 2. The molecule has 1 aromatic heterocycles. The summed E-state index contributed by atoms with van der Waals surface area (Å²) in [5, 5.41) is 2.06. The van der Waals surface area contributed by atoms with Gasteiger partial charge in [0.05, 0.1) is 12.7 Å². The number of nitrogens with zero attached hydrogens (tertiary/aromatic N) is 2. The summed E-state index contributed by atoms with van der Waals surface area (Å²) in [7, 11) is 0. The van der Waals surface area contributed by atoms with Crippen LogP contribution in [0.25, 0.3) is 10.8 Å². The predicted molar refractivity (Wildman–Crippen MR) is 110 cm³/mol. The maximum atomic E-state index is 12.4. The molecule has 0 aliphatic carbocycles. The summed E-state index contributed by atoms with van der Waals surface area (Å²) in [6, 6.07) is 16.9. The minimum absolute atomic E-state index is 0.111. The summed E-state index contributed by atoms with van der Waals surface area (Å²) in [6.45, 7) is 1.32. The normalized spacial score (nSPS) is 14.0. The molecule has 0 N–H and O–H groups in total. The molecule has 1 saturated heterocycles. The maximum Gasteiger partial charge on any atom is 0.310 e. The Morgan fingerprint density at radius 3 is 2.37 bits per heavy atom. The number of esters is 1. The second kappa shape index (κ2) is 8.82. The first-order valence-electron chi connectivity index (χ1n) is 9.84. The second-order valence-corrected chi connectivity index (χ2v) is 7.13.